The lowest BCUT2D eigenvalue weighted by molar-refractivity contribution is -0.123. The van der Waals surface area contributed by atoms with Crippen LogP contribution in [0.15, 0.2) is 60.7 Å². The maximum absolute atomic E-state index is 13.2. The summed E-state index contributed by atoms with van der Waals surface area (Å²) in [4.78, 5) is 13.2. The molecule has 2 unspecified atom stereocenters. The third-order valence-corrected chi connectivity index (χ3v) is 5.14. The van der Waals surface area contributed by atoms with Crippen LogP contribution >= 0.6 is 9.39 Å². The van der Waals surface area contributed by atoms with E-state index in [0.717, 1.165) is 17.5 Å². The van der Waals surface area contributed by atoms with Crippen molar-refractivity contribution in [3.63, 3.8) is 0 Å². The molecule has 2 aromatic rings. The number of carbonyl (C=O) groups excluding carboxylic acids is 1. The number of hydrogen-bond acceptors (Lipinski definition) is 2. The second kappa shape index (κ2) is 7.86. The number of rotatable bonds is 7. The SMILES string of the molecule is CCC(=O)C(CC(C)N(C)P)(c1ccccc1)c1ccccc1. The molecule has 0 heterocycles. The topological polar surface area (TPSA) is 20.3 Å². The summed E-state index contributed by atoms with van der Waals surface area (Å²) < 4.78 is 2.10. The van der Waals surface area contributed by atoms with Crippen molar-refractivity contribution in [1.82, 2.24) is 4.67 Å². The number of hydrogen-bond donors (Lipinski definition) is 0. The van der Waals surface area contributed by atoms with E-state index in [2.05, 4.69) is 45.3 Å². The minimum absolute atomic E-state index is 0.260. The normalized spacial score (nSPS) is 13.1. The Morgan fingerprint density at radius 1 is 1.04 bits per heavy atom. The minimum atomic E-state index is -0.596. The zero-order valence-corrected chi connectivity index (χ0v) is 15.4. The van der Waals surface area contributed by atoms with E-state index in [1.54, 1.807) is 0 Å². The second-order valence-corrected chi connectivity index (χ2v) is 6.95. The first kappa shape index (κ1) is 17.8. The summed E-state index contributed by atoms with van der Waals surface area (Å²) in [7, 11) is 4.75. The molecule has 3 heteroatoms. The first-order chi connectivity index (χ1) is 11.0. The van der Waals surface area contributed by atoms with Crippen LogP contribution in [0.1, 0.15) is 37.8 Å². The van der Waals surface area contributed by atoms with Crippen molar-refractivity contribution < 1.29 is 4.79 Å². The zero-order valence-electron chi connectivity index (χ0n) is 14.2. The van der Waals surface area contributed by atoms with Crippen molar-refractivity contribution in [2.24, 2.45) is 0 Å². The summed E-state index contributed by atoms with van der Waals surface area (Å²) in [6.07, 6.45) is 1.28. The standard InChI is InChI=1S/C20H26NOP/c1-4-19(22)20(15-16(2)21(3)23,17-11-7-5-8-12-17)18-13-9-6-10-14-18/h5-14,16H,4,15,23H2,1-3H3. The van der Waals surface area contributed by atoms with Crippen LogP contribution in [-0.4, -0.2) is 23.5 Å². The second-order valence-electron chi connectivity index (χ2n) is 6.13. The van der Waals surface area contributed by atoms with E-state index in [1.807, 2.05) is 50.4 Å². The van der Waals surface area contributed by atoms with E-state index >= 15 is 0 Å². The van der Waals surface area contributed by atoms with E-state index in [0.29, 0.717) is 6.42 Å². The van der Waals surface area contributed by atoms with E-state index in [9.17, 15) is 4.79 Å². The van der Waals surface area contributed by atoms with Crippen molar-refractivity contribution in [1.29, 1.82) is 0 Å². The van der Waals surface area contributed by atoms with Gasteiger partial charge in [0, 0.05) is 12.5 Å². The monoisotopic (exact) mass is 327 g/mol. The van der Waals surface area contributed by atoms with Gasteiger partial charge in [-0.05, 0) is 31.5 Å². The van der Waals surface area contributed by atoms with Crippen LogP contribution in [0.2, 0.25) is 0 Å². The van der Waals surface area contributed by atoms with Gasteiger partial charge in [0.1, 0.15) is 5.78 Å². The van der Waals surface area contributed by atoms with Crippen molar-refractivity contribution >= 4 is 15.2 Å². The number of ketones is 1. The van der Waals surface area contributed by atoms with E-state index in [-0.39, 0.29) is 11.8 Å². The molecule has 2 atom stereocenters. The van der Waals surface area contributed by atoms with Crippen molar-refractivity contribution in [3.8, 4) is 0 Å². The zero-order chi connectivity index (χ0) is 16.9. The predicted octanol–water partition coefficient (Wildman–Crippen LogP) is 4.45. The molecule has 0 saturated heterocycles. The van der Waals surface area contributed by atoms with E-state index in [4.69, 9.17) is 0 Å². The van der Waals surface area contributed by atoms with Gasteiger partial charge in [0.25, 0.3) is 0 Å². The average Bonchev–Trinajstić information content (AvgIpc) is 2.60. The molecule has 2 rings (SSSR count). The van der Waals surface area contributed by atoms with Crippen molar-refractivity contribution in [2.45, 2.75) is 38.1 Å². The van der Waals surface area contributed by atoms with Crippen LogP contribution in [0.25, 0.3) is 0 Å². The Kier molecular flexibility index (Phi) is 6.10. The molecule has 0 aromatic heterocycles. The molecule has 23 heavy (non-hydrogen) atoms. The van der Waals surface area contributed by atoms with Crippen LogP contribution in [0.3, 0.4) is 0 Å². The Balaban J connectivity index is 2.66. The number of nitrogens with zero attached hydrogens (tertiary/aromatic N) is 1. The lowest BCUT2D eigenvalue weighted by Crippen LogP contribution is -2.42. The Hall–Kier alpha value is -1.50. The van der Waals surface area contributed by atoms with Gasteiger partial charge in [0.2, 0.25) is 0 Å². The van der Waals surface area contributed by atoms with Gasteiger partial charge in [0.15, 0.2) is 0 Å². The molecule has 0 radical (unpaired) electrons. The van der Waals surface area contributed by atoms with Crippen LogP contribution in [-0.2, 0) is 10.2 Å². The maximum atomic E-state index is 13.2. The van der Waals surface area contributed by atoms with Crippen LogP contribution < -0.4 is 0 Å². The van der Waals surface area contributed by atoms with Gasteiger partial charge in [0.05, 0.1) is 5.41 Å². The van der Waals surface area contributed by atoms with Crippen molar-refractivity contribution in [2.75, 3.05) is 7.05 Å². The first-order valence-corrected chi connectivity index (χ1v) is 8.66. The van der Waals surface area contributed by atoms with Gasteiger partial charge in [-0.1, -0.05) is 77.0 Å². The summed E-state index contributed by atoms with van der Waals surface area (Å²) in [6, 6.07) is 20.7. The lowest BCUT2D eigenvalue weighted by atomic mass is 9.67. The predicted molar refractivity (Wildman–Crippen MR) is 101 cm³/mol. The molecule has 2 nitrogen and oxygen atoms in total. The van der Waals surface area contributed by atoms with E-state index < -0.39 is 5.41 Å². The van der Waals surface area contributed by atoms with Crippen LogP contribution in [0.4, 0.5) is 0 Å². The molecule has 0 fully saturated rings. The molecule has 0 N–H and O–H groups in total. The Morgan fingerprint density at radius 2 is 1.48 bits per heavy atom. The molecule has 0 aliphatic rings. The summed E-state index contributed by atoms with van der Waals surface area (Å²) >= 11 is 0. The van der Waals surface area contributed by atoms with Gasteiger partial charge in [-0.25, -0.2) is 0 Å². The quantitative estimate of drug-likeness (QED) is 0.700. The average molecular weight is 327 g/mol. The molecule has 0 saturated carbocycles. The molecular formula is C20H26NOP. The molecule has 2 aromatic carbocycles. The van der Waals surface area contributed by atoms with Gasteiger partial charge in [-0.15, -0.1) is 0 Å². The van der Waals surface area contributed by atoms with Crippen LogP contribution in [0, 0.1) is 0 Å². The van der Waals surface area contributed by atoms with Gasteiger partial charge in [-0.3, -0.25) is 9.46 Å². The molecule has 0 amide bonds. The minimum Gasteiger partial charge on any atom is -0.298 e. The summed E-state index contributed by atoms with van der Waals surface area (Å²) in [6.45, 7) is 4.12. The highest BCUT2D eigenvalue weighted by atomic mass is 31.0. The molecule has 0 bridgehead atoms. The molecule has 0 spiro atoms. The Morgan fingerprint density at radius 3 is 1.83 bits per heavy atom. The molecule has 0 aliphatic carbocycles. The highest BCUT2D eigenvalue weighted by Crippen LogP contribution is 2.39. The Bertz CT molecular complexity index is 585. The molecular weight excluding hydrogens is 301 g/mol. The number of benzene rings is 2. The lowest BCUT2D eigenvalue weighted by Gasteiger charge is -2.37. The van der Waals surface area contributed by atoms with E-state index in [1.165, 1.54) is 0 Å². The summed E-state index contributed by atoms with van der Waals surface area (Å²) in [5, 5.41) is 0. The number of carbonyl (C=O) groups is 1. The van der Waals surface area contributed by atoms with Gasteiger partial charge < -0.3 is 0 Å². The Labute approximate surface area is 142 Å². The third-order valence-electron chi connectivity index (χ3n) is 4.63. The largest absolute Gasteiger partial charge is 0.298 e. The molecule has 0 aliphatic heterocycles. The smallest absolute Gasteiger partial charge is 0.147 e. The first-order valence-electron chi connectivity index (χ1n) is 8.14. The number of Topliss-reactive ketones (excluding diaryl/α,β-unsaturated/α-hetero) is 1. The fraction of sp³-hybridized carbons (Fsp3) is 0.350. The van der Waals surface area contributed by atoms with Crippen LogP contribution in [0.5, 0.6) is 0 Å². The van der Waals surface area contributed by atoms with Gasteiger partial charge in [-0.2, -0.15) is 0 Å². The maximum Gasteiger partial charge on any atom is 0.147 e. The summed E-state index contributed by atoms with van der Waals surface area (Å²) in [5.41, 5.74) is 1.56. The fourth-order valence-electron chi connectivity index (χ4n) is 3.17. The summed E-state index contributed by atoms with van der Waals surface area (Å²) in [5.74, 6) is 0.272. The molecule has 122 valence electrons. The fourth-order valence-corrected chi connectivity index (χ4v) is 3.28. The van der Waals surface area contributed by atoms with Gasteiger partial charge >= 0.3 is 0 Å². The highest BCUT2D eigenvalue weighted by molar-refractivity contribution is 7.13. The highest BCUT2D eigenvalue weighted by Gasteiger charge is 2.41. The van der Waals surface area contributed by atoms with Crippen molar-refractivity contribution in [3.05, 3.63) is 71.8 Å². The third kappa shape index (κ3) is 3.71.